The Kier molecular flexibility index (Phi) is 6.64. The van der Waals surface area contributed by atoms with E-state index in [0.717, 1.165) is 24.3 Å². The van der Waals surface area contributed by atoms with Gasteiger partial charge in [0.05, 0.1) is 0 Å². The average molecular weight is 299 g/mol. The smallest absolute Gasteiger partial charge is 0.405 e. The van der Waals surface area contributed by atoms with Crippen LogP contribution in [0.25, 0.3) is 0 Å². The number of hydrogen-bond acceptors (Lipinski definition) is 4. The molecule has 3 N–H and O–H groups in total. The van der Waals surface area contributed by atoms with Crippen molar-refractivity contribution in [2.75, 3.05) is 6.54 Å². The number of carbonyl (C=O) groups excluding carboxylic acids is 3. The molecule has 1 heterocycles. The van der Waals surface area contributed by atoms with Crippen molar-refractivity contribution in [3.05, 3.63) is 0 Å². The monoisotopic (exact) mass is 299 g/mol. The summed E-state index contributed by atoms with van der Waals surface area (Å²) in [6.07, 6.45) is 2.14. The summed E-state index contributed by atoms with van der Waals surface area (Å²) in [5.74, 6) is -2.07. The van der Waals surface area contributed by atoms with Crippen molar-refractivity contribution < 1.29 is 24.3 Å². The average Bonchev–Trinajstić information content (AvgIpc) is 2.44. The Morgan fingerprint density at radius 1 is 1.33 bits per heavy atom. The van der Waals surface area contributed by atoms with Crippen LogP contribution in [0.4, 0.5) is 4.79 Å². The van der Waals surface area contributed by atoms with Gasteiger partial charge in [-0.3, -0.25) is 24.8 Å². The standard InChI is InChI=1S/C13H21N3O5/c1-2-3-6-9(14-13(20)21)11(18)12(19)15-16-8-5-4-7-10(16)17/h9,14H,2-8H2,1H3,(H,15,19)(H,20,21)/t9-/m0/s1. The van der Waals surface area contributed by atoms with Crippen molar-refractivity contribution in [3.8, 4) is 0 Å². The summed E-state index contributed by atoms with van der Waals surface area (Å²) in [6.45, 7) is 2.26. The van der Waals surface area contributed by atoms with Gasteiger partial charge in [0.1, 0.15) is 6.04 Å². The molecular formula is C13H21N3O5. The van der Waals surface area contributed by atoms with E-state index in [0.29, 0.717) is 19.4 Å². The first-order chi connectivity index (χ1) is 9.95. The van der Waals surface area contributed by atoms with E-state index in [-0.39, 0.29) is 12.3 Å². The second-order valence-electron chi connectivity index (χ2n) is 4.95. The molecule has 0 unspecified atom stereocenters. The van der Waals surface area contributed by atoms with Crippen LogP contribution < -0.4 is 10.7 Å². The van der Waals surface area contributed by atoms with Gasteiger partial charge in [0.2, 0.25) is 11.7 Å². The number of carboxylic acid groups (broad SMARTS) is 1. The SMILES string of the molecule is CCCC[C@H](NC(=O)O)C(=O)C(=O)NN1CCCCC1=O. The number of rotatable bonds is 7. The van der Waals surface area contributed by atoms with E-state index in [9.17, 15) is 19.2 Å². The van der Waals surface area contributed by atoms with Gasteiger partial charge in [-0.05, 0) is 19.3 Å². The van der Waals surface area contributed by atoms with E-state index in [4.69, 9.17) is 5.11 Å². The van der Waals surface area contributed by atoms with E-state index in [1.54, 1.807) is 0 Å². The van der Waals surface area contributed by atoms with Crippen LogP contribution >= 0.6 is 0 Å². The molecule has 8 heteroatoms. The molecule has 0 spiro atoms. The number of hydrogen-bond donors (Lipinski definition) is 3. The maximum Gasteiger partial charge on any atom is 0.405 e. The summed E-state index contributed by atoms with van der Waals surface area (Å²) in [6, 6.07) is -1.08. The zero-order valence-electron chi connectivity index (χ0n) is 12.1. The second kappa shape index (κ2) is 8.23. The molecule has 1 fully saturated rings. The van der Waals surface area contributed by atoms with E-state index in [2.05, 4.69) is 5.43 Å². The lowest BCUT2D eigenvalue weighted by Gasteiger charge is -2.27. The maximum atomic E-state index is 12.0. The van der Waals surface area contributed by atoms with Gasteiger partial charge in [0.15, 0.2) is 0 Å². The lowest BCUT2D eigenvalue weighted by Crippen LogP contribution is -2.54. The maximum absolute atomic E-state index is 12.0. The van der Waals surface area contributed by atoms with Crippen LogP contribution in [0.2, 0.25) is 0 Å². The second-order valence-corrected chi connectivity index (χ2v) is 4.95. The van der Waals surface area contributed by atoms with Crippen molar-refractivity contribution in [2.24, 2.45) is 0 Å². The number of ketones is 1. The quantitative estimate of drug-likeness (QED) is 0.589. The minimum absolute atomic E-state index is 0.237. The molecule has 21 heavy (non-hydrogen) atoms. The molecule has 0 radical (unpaired) electrons. The fourth-order valence-electron chi connectivity index (χ4n) is 2.09. The minimum atomic E-state index is -1.36. The highest BCUT2D eigenvalue weighted by molar-refractivity contribution is 6.38. The van der Waals surface area contributed by atoms with Crippen molar-refractivity contribution in [1.82, 2.24) is 15.8 Å². The molecule has 1 atom stereocenters. The van der Waals surface area contributed by atoms with Gasteiger partial charge < -0.3 is 10.4 Å². The Morgan fingerprint density at radius 3 is 2.62 bits per heavy atom. The summed E-state index contributed by atoms with van der Waals surface area (Å²) >= 11 is 0. The van der Waals surface area contributed by atoms with Crippen LogP contribution in [0.3, 0.4) is 0 Å². The highest BCUT2D eigenvalue weighted by atomic mass is 16.4. The van der Waals surface area contributed by atoms with Crippen LogP contribution in [-0.4, -0.2) is 46.4 Å². The summed E-state index contributed by atoms with van der Waals surface area (Å²) in [4.78, 5) is 46.1. The van der Waals surface area contributed by atoms with Gasteiger partial charge in [-0.2, -0.15) is 0 Å². The van der Waals surface area contributed by atoms with Crippen LogP contribution in [-0.2, 0) is 14.4 Å². The normalized spacial score (nSPS) is 16.2. The van der Waals surface area contributed by atoms with E-state index < -0.39 is 23.8 Å². The Balaban J connectivity index is 2.61. The van der Waals surface area contributed by atoms with Crippen LogP contribution in [0.1, 0.15) is 45.4 Å². The summed E-state index contributed by atoms with van der Waals surface area (Å²) in [5.41, 5.74) is 2.26. The first-order valence-corrected chi connectivity index (χ1v) is 7.10. The van der Waals surface area contributed by atoms with Gasteiger partial charge in [0, 0.05) is 13.0 Å². The van der Waals surface area contributed by atoms with Crippen molar-refractivity contribution in [3.63, 3.8) is 0 Å². The molecular weight excluding hydrogens is 278 g/mol. The molecule has 1 rings (SSSR count). The number of amides is 3. The van der Waals surface area contributed by atoms with E-state index in [1.807, 2.05) is 12.2 Å². The Morgan fingerprint density at radius 2 is 2.05 bits per heavy atom. The molecule has 3 amide bonds. The molecule has 1 aliphatic heterocycles. The molecule has 118 valence electrons. The van der Waals surface area contributed by atoms with Crippen LogP contribution in [0, 0.1) is 0 Å². The Bertz CT molecular complexity index is 424. The molecule has 0 bridgehead atoms. The van der Waals surface area contributed by atoms with Gasteiger partial charge >= 0.3 is 12.0 Å². The Labute approximate surface area is 122 Å². The van der Waals surface area contributed by atoms with Crippen molar-refractivity contribution in [1.29, 1.82) is 0 Å². The highest BCUT2D eigenvalue weighted by Crippen LogP contribution is 2.08. The van der Waals surface area contributed by atoms with Gasteiger partial charge in [0.25, 0.3) is 0 Å². The first kappa shape index (κ1) is 16.9. The zero-order chi connectivity index (χ0) is 15.8. The zero-order valence-corrected chi connectivity index (χ0v) is 12.1. The molecule has 1 saturated heterocycles. The molecule has 8 nitrogen and oxygen atoms in total. The third-order valence-corrected chi connectivity index (χ3v) is 3.24. The number of nitrogens with one attached hydrogen (secondary N) is 2. The number of hydrazine groups is 1. The van der Waals surface area contributed by atoms with Gasteiger partial charge in [-0.15, -0.1) is 0 Å². The first-order valence-electron chi connectivity index (χ1n) is 7.10. The van der Waals surface area contributed by atoms with Crippen LogP contribution in [0.5, 0.6) is 0 Å². The summed E-state index contributed by atoms with van der Waals surface area (Å²) < 4.78 is 0. The summed E-state index contributed by atoms with van der Waals surface area (Å²) in [5, 5.41) is 11.9. The van der Waals surface area contributed by atoms with E-state index >= 15 is 0 Å². The van der Waals surface area contributed by atoms with Gasteiger partial charge in [-0.1, -0.05) is 19.8 Å². The third kappa shape index (κ3) is 5.41. The third-order valence-electron chi connectivity index (χ3n) is 3.24. The number of unbranched alkanes of at least 4 members (excludes halogenated alkanes) is 1. The molecule has 0 aromatic rings. The summed E-state index contributed by atoms with van der Waals surface area (Å²) in [7, 11) is 0. The van der Waals surface area contributed by atoms with Gasteiger partial charge in [-0.25, -0.2) is 4.79 Å². The minimum Gasteiger partial charge on any atom is -0.465 e. The highest BCUT2D eigenvalue weighted by Gasteiger charge is 2.29. The van der Waals surface area contributed by atoms with Crippen LogP contribution in [0.15, 0.2) is 0 Å². The molecule has 0 aliphatic carbocycles. The molecule has 1 aliphatic rings. The largest absolute Gasteiger partial charge is 0.465 e. The predicted molar refractivity (Wildman–Crippen MR) is 73.2 cm³/mol. The Hall–Kier alpha value is -2.12. The number of carbonyl (C=O) groups is 4. The number of piperidine rings is 1. The van der Waals surface area contributed by atoms with Crippen molar-refractivity contribution >= 4 is 23.7 Å². The topological polar surface area (TPSA) is 116 Å². The lowest BCUT2D eigenvalue weighted by atomic mass is 10.1. The molecule has 0 aromatic carbocycles. The molecule has 0 aromatic heterocycles. The number of nitrogens with zero attached hydrogens (tertiary/aromatic N) is 1. The predicted octanol–water partition coefficient (Wildman–Crippen LogP) is 0.426. The molecule has 0 saturated carbocycles. The lowest BCUT2D eigenvalue weighted by molar-refractivity contribution is -0.148. The van der Waals surface area contributed by atoms with Crippen molar-refractivity contribution in [2.45, 2.75) is 51.5 Å². The van der Waals surface area contributed by atoms with E-state index in [1.165, 1.54) is 0 Å². The fourth-order valence-corrected chi connectivity index (χ4v) is 2.09. The number of Topliss-reactive ketones (excluding diaryl/α,β-unsaturated/α-hetero) is 1. The fraction of sp³-hybridized carbons (Fsp3) is 0.692.